The Morgan fingerprint density at radius 3 is 2.21 bits per heavy atom. The maximum absolute atomic E-state index is 12.5. The fourth-order valence-electron chi connectivity index (χ4n) is 4.09. The first-order valence-electron chi connectivity index (χ1n) is 13.3. The summed E-state index contributed by atoms with van der Waals surface area (Å²) < 4.78 is 12.3. The number of hydrogen-bond acceptors (Lipinski definition) is 9. The number of primary amides is 1. The van der Waals surface area contributed by atoms with E-state index in [1.807, 2.05) is 0 Å². The minimum Gasteiger partial charge on any atom is -0.490 e. The molecule has 1 aromatic heterocycles. The molecule has 4 rings (SSSR count). The smallest absolute Gasteiger partial charge is 0.407 e. The third-order valence-electron chi connectivity index (χ3n) is 6.05. The van der Waals surface area contributed by atoms with Gasteiger partial charge in [0.15, 0.2) is 0 Å². The molecule has 1 aliphatic heterocycles. The van der Waals surface area contributed by atoms with E-state index in [9.17, 15) is 29.1 Å². The molecule has 1 aliphatic rings. The van der Waals surface area contributed by atoms with E-state index in [-0.39, 0.29) is 22.4 Å². The first-order chi connectivity index (χ1) is 20.3. The van der Waals surface area contributed by atoms with Crippen LogP contribution in [0.1, 0.15) is 58.3 Å². The number of carbonyl (C=O) groups excluding carboxylic acids is 4. The second-order valence-corrected chi connectivity index (χ2v) is 10.5. The topological polar surface area (TPSA) is 192 Å². The number of nitrogens with zero attached hydrogens (tertiary/aromatic N) is 3. The molecule has 226 valence electrons. The van der Waals surface area contributed by atoms with E-state index in [4.69, 9.17) is 20.0 Å². The van der Waals surface area contributed by atoms with Gasteiger partial charge in [-0.2, -0.15) is 5.10 Å². The van der Waals surface area contributed by atoms with Crippen LogP contribution in [0.25, 0.3) is 11.3 Å². The van der Waals surface area contributed by atoms with E-state index >= 15 is 0 Å². The van der Waals surface area contributed by atoms with Crippen LogP contribution in [0.2, 0.25) is 0 Å². The Morgan fingerprint density at radius 1 is 1.02 bits per heavy atom. The van der Waals surface area contributed by atoms with Crippen molar-refractivity contribution in [2.75, 3.05) is 13.2 Å². The third kappa shape index (κ3) is 7.54. The molecule has 2 aromatic carbocycles. The summed E-state index contributed by atoms with van der Waals surface area (Å²) in [6.07, 6.45) is -0.162. The maximum atomic E-state index is 12.5. The number of carboxylic acids is 1. The number of rotatable bonds is 12. The summed E-state index contributed by atoms with van der Waals surface area (Å²) in [6, 6.07) is 12.3. The molecule has 2 heterocycles. The molecule has 0 fully saturated rings. The van der Waals surface area contributed by atoms with Crippen molar-refractivity contribution < 1.29 is 43.4 Å². The van der Waals surface area contributed by atoms with Gasteiger partial charge in [-0.05, 0) is 63.6 Å². The van der Waals surface area contributed by atoms with Gasteiger partial charge < -0.3 is 25.6 Å². The second-order valence-electron chi connectivity index (χ2n) is 10.5. The molecule has 4 N–H and O–H groups in total. The number of nitrogens with two attached hydrogens (primary N) is 1. The average Bonchev–Trinajstić information content (AvgIpc) is 3.48. The highest BCUT2D eigenvalue weighted by Gasteiger charge is 2.39. The number of benzene rings is 2. The number of alkyl carbamates (subject to hydrolysis) is 1. The second kappa shape index (κ2) is 12.7. The summed E-state index contributed by atoms with van der Waals surface area (Å²) in [4.78, 5) is 65.9. The highest BCUT2D eigenvalue weighted by molar-refractivity contribution is 6.20. The Kier molecular flexibility index (Phi) is 9.09. The molecule has 14 heteroatoms. The molecule has 14 nitrogen and oxygen atoms in total. The Morgan fingerprint density at radius 2 is 1.65 bits per heavy atom. The summed E-state index contributed by atoms with van der Waals surface area (Å²) in [7, 11) is 0. The van der Waals surface area contributed by atoms with Crippen LogP contribution in [-0.2, 0) is 20.9 Å². The number of imide groups is 1. The SMILES string of the molecule is CC(C)(C)OC(=O)NCCCn1cc(C(N)=O)c(-c2ccc(OC[C@H](ON3C(=O)c4ccccc4C3=O)C(=O)O)cc2)n1. The fourth-order valence-corrected chi connectivity index (χ4v) is 4.09. The molecule has 43 heavy (non-hydrogen) atoms. The van der Waals surface area contributed by atoms with Crippen molar-refractivity contribution in [3.8, 4) is 17.0 Å². The molecule has 0 saturated heterocycles. The average molecular weight is 594 g/mol. The molecule has 0 aliphatic carbocycles. The largest absolute Gasteiger partial charge is 0.490 e. The quantitative estimate of drug-likeness (QED) is 0.208. The highest BCUT2D eigenvalue weighted by atomic mass is 16.7. The number of fused-ring (bicyclic) bond motifs is 1. The Hall–Kier alpha value is -5.24. The number of aryl methyl sites for hydroxylation is 1. The number of amides is 4. The predicted octanol–water partition coefficient (Wildman–Crippen LogP) is 2.62. The summed E-state index contributed by atoms with van der Waals surface area (Å²) in [5.74, 6) is -3.39. The number of nitrogens with one attached hydrogen (secondary N) is 1. The summed E-state index contributed by atoms with van der Waals surface area (Å²) in [5.41, 5.74) is 6.25. The Balaban J connectivity index is 1.36. The first-order valence-corrected chi connectivity index (χ1v) is 13.3. The number of aromatic nitrogens is 2. The number of hydrogen-bond donors (Lipinski definition) is 3. The van der Waals surface area contributed by atoms with Crippen molar-refractivity contribution in [3.05, 3.63) is 71.4 Å². The van der Waals surface area contributed by atoms with E-state index < -0.39 is 48.1 Å². The Labute approximate surface area is 246 Å². The van der Waals surface area contributed by atoms with Crippen molar-refractivity contribution >= 4 is 29.8 Å². The zero-order chi connectivity index (χ0) is 31.3. The van der Waals surface area contributed by atoms with Crippen molar-refractivity contribution in [2.45, 2.75) is 45.4 Å². The van der Waals surface area contributed by atoms with E-state index in [2.05, 4.69) is 10.4 Å². The van der Waals surface area contributed by atoms with Crippen LogP contribution in [0, 0.1) is 0 Å². The molecule has 0 spiro atoms. The van der Waals surface area contributed by atoms with E-state index in [0.717, 1.165) is 0 Å². The molecular formula is C29H31N5O9. The minimum atomic E-state index is -1.66. The van der Waals surface area contributed by atoms with Gasteiger partial charge in [-0.25, -0.2) is 14.4 Å². The van der Waals surface area contributed by atoms with Gasteiger partial charge in [-0.1, -0.05) is 12.1 Å². The maximum Gasteiger partial charge on any atom is 0.407 e. The predicted molar refractivity (Wildman–Crippen MR) is 150 cm³/mol. The van der Waals surface area contributed by atoms with Gasteiger partial charge >= 0.3 is 12.1 Å². The standard InChI is InChI=1S/C29H31N5O9/c1-29(2,3)42-28(40)31-13-6-14-33-15-21(24(30)35)23(32-33)17-9-11-18(12-10-17)41-16-22(27(38)39)43-34-25(36)19-7-4-5-8-20(19)26(34)37/h4-5,7-12,15,22H,6,13-14,16H2,1-3H3,(H2,30,35)(H,31,40)(H,38,39)/t22-/m0/s1. The minimum absolute atomic E-state index is 0.114. The molecule has 4 amide bonds. The van der Waals surface area contributed by atoms with Crippen molar-refractivity contribution in [2.24, 2.45) is 5.73 Å². The van der Waals surface area contributed by atoms with Crippen LogP contribution in [0.5, 0.6) is 5.75 Å². The monoisotopic (exact) mass is 593 g/mol. The van der Waals surface area contributed by atoms with Crippen LogP contribution >= 0.6 is 0 Å². The zero-order valence-electron chi connectivity index (χ0n) is 23.7. The van der Waals surface area contributed by atoms with Gasteiger partial charge in [0.1, 0.15) is 23.7 Å². The molecule has 1 atom stereocenters. The Bertz CT molecular complexity index is 1510. The number of ether oxygens (including phenoxy) is 2. The third-order valence-corrected chi connectivity index (χ3v) is 6.05. The van der Waals surface area contributed by atoms with Crippen LogP contribution in [0.15, 0.2) is 54.7 Å². The number of carbonyl (C=O) groups is 5. The van der Waals surface area contributed by atoms with E-state index in [1.54, 1.807) is 49.7 Å². The number of aliphatic carboxylic acids is 1. The molecule has 0 saturated carbocycles. The van der Waals surface area contributed by atoms with Crippen LogP contribution in [0.3, 0.4) is 0 Å². The van der Waals surface area contributed by atoms with Gasteiger partial charge in [0, 0.05) is 24.8 Å². The van der Waals surface area contributed by atoms with Gasteiger partial charge in [0.2, 0.25) is 6.10 Å². The lowest BCUT2D eigenvalue weighted by Crippen LogP contribution is -2.41. The molecule has 0 radical (unpaired) electrons. The van der Waals surface area contributed by atoms with Crippen LogP contribution < -0.4 is 15.8 Å². The molecule has 3 aromatic rings. The van der Waals surface area contributed by atoms with Gasteiger partial charge in [0.25, 0.3) is 17.7 Å². The number of carboxylic acid groups (broad SMARTS) is 1. The summed E-state index contributed by atoms with van der Waals surface area (Å²) in [5, 5.41) is 17.1. The van der Waals surface area contributed by atoms with Gasteiger partial charge in [0.05, 0.1) is 16.7 Å². The first kappa shape index (κ1) is 30.7. The van der Waals surface area contributed by atoms with E-state index in [1.165, 1.54) is 30.5 Å². The number of hydroxylamine groups is 2. The van der Waals surface area contributed by atoms with Crippen LogP contribution in [0.4, 0.5) is 4.79 Å². The lowest BCUT2D eigenvalue weighted by atomic mass is 10.1. The van der Waals surface area contributed by atoms with Gasteiger partial charge in [-0.15, -0.1) is 5.06 Å². The lowest BCUT2D eigenvalue weighted by Gasteiger charge is -2.19. The summed E-state index contributed by atoms with van der Waals surface area (Å²) >= 11 is 0. The fraction of sp³-hybridized carbons (Fsp3) is 0.310. The van der Waals surface area contributed by atoms with Crippen molar-refractivity contribution in [1.29, 1.82) is 0 Å². The molecule has 0 bridgehead atoms. The highest BCUT2D eigenvalue weighted by Crippen LogP contribution is 2.26. The van der Waals surface area contributed by atoms with Crippen LogP contribution in [-0.4, -0.2) is 74.6 Å². The lowest BCUT2D eigenvalue weighted by molar-refractivity contribution is -0.178. The van der Waals surface area contributed by atoms with Gasteiger partial charge in [-0.3, -0.25) is 19.1 Å². The zero-order valence-corrected chi connectivity index (χ0v) is 23.7. The van der Waals surface area contributed by atoms with E-state index in [0.29, 0.717) is 35.8 Å². The summed E-state index contributed by atoms with van der Waals surface area (Å²) in [6.45, 7) is 5.51. The van der Waals surface area contributed by atoms with Crippen molar-refractivity contribution in [1.82, 2.24) is 20.2 Å². The molecular weight excluding hydrogens is 562 g/mol. The normalized spacial score (nSPS) is 13.4. The van der Waals surface area contributed by atoms with Crippen molar-refractivity contribution in [3.63, 3.8) is 0 Å². The molecule has 0 unspecified atom stereocenters.